The highest BCUT2D eigenvalue weighted by Gasteiger charge is 2.23. The Balaban J connectivity index is 3.43. The van der Waals surface area contributed by atoms with E-state index in [2.05, 4.69) is 20.8 Å². The quantitative estimate of drug-likeness (QED) is 0.579. The fourth-order valence-corrected chi connectivity index (χ4v) is 1.74. The molecule has 0 rings (SSSR count). The summed E-state index contributed by atoms with van der Waals surface area (Å²) >= 11 is 0. The van der Waals surface area contributed by atoms with Crippen LogP contribution in [-0.2, 0) is 0 Å². The molecule has 0 bridgehead atoms. The van der Waals surface area contributed by atoms with Crippen LogP contribution in [0.5, 0.6) is 0 Å². The van der Waals surface area contributed by atoms with Gasteiger partial charge in [0.2, 0.25) is 0 Å². The second-order valence-electron chi connectivity index (χ2n) is 5.02. The van der Waals surface area contributed by atoms with Crippen LogP contribution in [0.1, 0.15) is 72.1 Å². The highest BCUT2D eigenvalue weighted by atomic mass is 14.8. The molecule has 15 heavy (non-hydrogen) atoms. The molecule has 0 aromatic carbocycles. The Morgan fingerprint density at radius 1 is 1.00 bits per heavy atom. The summed E-state index contributed by atoms with van der Waals surface area (Å²) in [6.07, 6.45) is 10.0. The van der Waals surface area contributed by atoms with Crippen LogP contribution in [0, 0.1) is 0 Å². The summed E-state index contributed by atoms with van der Waals surface area (Å²) in [6, 6.07) is 0.161. The minimum Gasteiger partial charge on any atom is -0.326 e. The van der Waals surface area contributed by atoms with Gasteiger partial charge in [0.1, 0.15) is 0 Å². The van der Waals surface area contributed by atoms with Gasteiger partial charge in [0.05, 0.1) is 0 Å². The van der Waals surface area contributed by atoms with Gasteiger partial charge in [-0.05, 0) is 19.8 Å². The standard InChI is InChI=1S/C13H30N2/c1-4-6-7-8-9-10-11-12(14)13(3,15)5-2/h12H,4-11,14-15H2,1-3H3. The monoisotopic (exact) mass is 214 g/mol. The van der Waals surface area contributed by atoms with Crippen molar-refractivity contribution in [3.63, 3.8) is 0 Å². The van der Waals surface area contributed by atoms with E-state index in [0.717, 1.165) is 12.8 Å². The zero-order valence-electron chi connectivity index (χ0n) is 10.9. The molecular weight excluding hydrogens is 184 g/mol. The van der Waals surface area contributed by atoms with Crippen molar-refractivity contribution in [2.75, 3.05) is 0 Å². The molecule has 0 heterocycles. The van der Waals surface area contributed by atoms with E-state index in [1.807, 2.05) is 0 Å². The van der Waals surface area contributed by atoms with Crippen LogP contribution in [0.25, 0.3) is 0 Å². The normalized spacial score (nSPS) is 17.4. The van der Waals surface area contributed by atoms with Gasteiger partial charge in [0.15, 0.2) is 0 Å². The largest absolute Gasteiger partial charge is 0.326 e. The van der Waals surface area contributed by atoms with Gasteiger partial charge in [-0.3, -0.25) is 0 Å². The first-order valence-corrected chi connectivity index (χ1v) is 6.59. The second kappa shape index (κ2) is 8.12. The molecule has 0 aliphatic heterocycles. The van der Waals surface area contributed by atoms with Crippen molar-refractivity contribution in [1.29, 1.82) is 0 Å². The maximum absolute atomic E-state index is 6.10. The van der Waals surface area contributed by atoms with Gasteiger partial charge in [-0.15, -0.1) is 0 Å². The topological polar surface area (TPSA) is 52.0 Å². The fraction of sp³-hybridized carbons (Fsp3) is 1.00. The minimum atomic E-state index is -0.177. The molecule has 0 saturated heterocycles. The maximum Gasteiger partial charge on any atom is 0.0276 e. The first-order chi connectivity index (χ1) is 7.04. The molecule has 4 N–H and O–H groups in total. The summed E-state index contributed by atoms with van der Waals surface area (Å²) in [5.41, 5.74) is 12.0. The molecular formula is C13H30N2. The summed E-state index contributed by atoms with van der Waals surface area (Å²) in [5, 5.41) is 0. The maximum atomic E-state index is 6.10. The first kappa shape index (κ1) is 14.9. The van der Waals surface area contributed by atoms with Crippen LogP contribution in [0.2, 0.25) is 0 Å². The number of hydrogen-bond acceptors (Lipinski definition) is 2. The Bertz CT molecular complexity index is 143. The van der Waals surface area contributed by atoms with Crippen LogP contribution in [0.4, 0.5) is 0 Å². The van der Waals surface area contributed by atoms with E-state index in [4.69, 9.17) is 11.5 Å². The van der Waals surface area contributed by atoms with Gasteiger partial charge in [-0.25, -0.2) is 0 Å². The predicted molar refractivity (Wildman–Crippen MR) is 68.9 cm³/mol. The molecule has 0 spiro atoms. The van der Waals surface area contributed by atoms with Crippen LogP contribution < -0.4 is 11.5 Å². The lowest BCUT2D eigenvalue weighted by atomic mass is 9.87. The van der Waals surface area contributed by atoms with Crippen LogP contribution in [-0.4, -0.2) is 11.6 Å². The average molecular weight is 214 g/mol. The van der Waals surface area contributed by atoms with Gasteiger partial charge in [0, 0.05) is 11.6 Å². The number of unbranched alkanes of at least 4 members (excludes halogenated alkanes) is 5. The zero-order valence-corrected chi connectivity index (χ0v) is 10.9. The number of rotatable bonds is 9. The molecule has 2 unspecified atom stereocenters. The smallest absolute Gasteiger partial charge is 0.0276 e. The number of nitrogens with two attached hydrogens (primary N) is 2. The van der Waals surface area contributed by atoms with Crippen molar-refractivity contribution in [1.82, 2.24) is 0 Å². The van der Waals surface area contributed by atoms with Gasteiger partial charge >= 0.3 is 0 Å². The van der Waals surface area contributed by atoms with Crippen molar-refractivity contribution in [2.24, 2.45) is 11.5 Å². The molecule has 0 aliphatic rings. The van der Waals surface area contributed by atoms with E-state index in [1.165, 1.54) is 38.5 Å². The summed E-state index contributed by atoms with van der Waals surface area (Å²) in [5.74, 6) is 0. The molecule has 0 aliphatic carbocycles. The summed E-state index contributed by atoms with van der Waals surface area (Å²) in [6.45, 7) is 6.42. The molecule has 2 atom stereocenters. The third-order valence-corrected chi connectivity index (χ3v) is 3.48. The molecule has 2 nitrogen and oxygen atoms in total. The van der Waals surface area contributed by atoms with Gasteiger partial charge in [-0.1, -0.05) is 52.4 Å². The Labute approximate surface area is 95.8 Å². The lowest BCUT2D eigenvalue weighted by molar-refractivity contribution is 0.338. The lowest BCUT2D eigenvalue weighted by Crippen LogP contribution is -2.52. The number of hydrogen-bond donors (Lipinski definition) is 2. The highest BCUT2D eigenvalue weighted by Crippen LogP contribution is 2.15. The fourth-order valence-electron chi connectivity index (χ4n) is 1.74. The Hall–Kier alpha value is -0.0800. The molecule has 0 aromatic rings. The molecule has 0 fully saturated rings. The van der Waals surface area contributed by atoms with Gasteiger partial charge in [0.25, 0.3) is 0 Å². The van der Waals surface area contributed by atoms with Gasteiger partial charge in [-0.2, -0.15) is 0 Å². The van der Waals surface area contributed by atoms with Crippen molar-refractivity contribution in [3.05, 3.63) is 0 Å². The van der Waals surface area contributed by atoms with Crippen molar-refractivity contribution in [3.8, 4) is 0 Å². The molecule has 2 heteroatoms. The molecule has 92 valence electrons. The van der Waals surface area contributed by atoms with Crippen LogP contribution in [0.15, 0.2) is 0 Å². The zero-order chi connectivity index (χ0) is 11.7. The molecule has 0 radical (unpaired) electrons. The van der Waals surface area contributed by atoms with E-state index >= 15 is 0 Å². The summed E-state index contributed by atoms with van der Waals surface area (Å²) in [4.78, 5) is 0. The average Bonchev–Trinajstić information content (AvgIpc) is 2.22. The Kier molecular flexibility index (Phi) is 8.07. The molecule has 0 aromatic heterocycles. The van der Waals surface area contributed by atoms with Crippen molar-refractivity contribution in [2.45, 2.75) is 83.7 Å². The van der Waals surface area contributed by atoms with E-state index < -0.39 is 0 Å². The molecule has 0 saturated carbocycles. The van der Waals surface area contributed by atoms with E-state index in [-0.39, 0.29) is 11.6 Å². The first-order valence-electron chi connectivity index (χ1n) is 6.59. The van der Waals surface area contributed by atoms with Crippen molar-refractivity contribution >= 4 is 0 Å². The molecule has 0 amide bonds. The van der Waals surface area contributed by atoms with E-state index in [1.54, 1.807) is 0 Å². The second-order valence-corrected chi connectivity index (χ2v) is 5.02. The summed E-state index contributed by atoms with van der Waals surface area (Å²) in [7, 11) is 0. The van der Waals surface area contributed by atoms with Gasteiger partial charge < -0.3 is 11.5 Å². The van der Waals surface area contributed by atoms with E-state index in [9.17, 15) is 0 Å². The minimum absolute atomic E-state index is 0.161. The highest BCUT2D eigenvalue weighted by molar-refractivity contribution is 4.88. The third kappa shape index (κ3) is 6.91. The van der Waals surface area contributed by atoms with E-state index in [0.29, 0.717) is 0 Å². The lowest BCUT2D eigenvalue weighted by Gasteiger charge is -2.30. The Morgan fingerprint density at radius 3 is 2.07 bits per heavy atom. The third-order valence-electron chi connectivity index (χ3n) is 3.48. The SMILES string of the molecule is CCCCCCCCC(N)C(C)(N)CC. The summed E-state index contributed by atoms with van der Waals surface area (Å²) < 4.78 is 0. The van der Waals surface area contributed by atoms with Crippen molar-refractivity contribution < 1.29 is 0 Å². The Morgan fingerprint density at radius 2 is 1.53 bits per heavy atom. The van der Waals surface area contributed by atoms with Crippen LogP contribution >= 0.6 is 0 Å². The van der Waals surface area contributed by atoms with Crippen LogP contribution in [0.3, 0.4) is 0 Å². The predicted octanol–water partition coefficient (Wildman–Crippen LogP) is 3.19.